The second-order valence-electron chi connectivity index (χ2n) is 8.20. The zero-order valence-corrected chi connectivity index (χ0v) is 16.6. The molecule has 0 bridgehead atoms. The Balaban J connectivity index is 1.15. The van der Waals surface area contributed by atoms with Crippen LogP contribution in [0.15, 0.2) is 54.9 Å². The van der Waals surface area contributed by atoms with Crippen LogP contribution in [0.5, 0.6) is 0 Å². The number of piperidine rings is 1. The number of likely N-dealkylation sites (tertiary alicyclic amines) is 1. The summed E-state index contributed by atoms with van der Waals surface area (Å²) in [6.45, 7) is 3.51. The standard InChI is InChI=1S/C25H26N4/c26-15-20-16-27-25-8-7-18(14-22(20)25)4-3-11-29-12-9-19(10-13-29)23-17-28-24-6-2-1-5-21(23)24/h1-2,5-8,14,16-17,19,27-28H,3-4,9-13H2. The van der Waals surface area contributed by atoms with E-state index in [4.69, 9.17) is 0 Å². The molecule has 0 amide bonds. The fourth-order valence-corrected chi connectivity index (χ4v) is 4.82. The number of nitriles is 1. The maximum atomic E-state index is 9.23. The summed E-state index contributed by atoms with van der Waals surface area (Å²) >= 11 is 0. The highest BCUT2D eigenvalue weighted by Crippen LogP contribution is 2.33. The van der Waals surface area contributed by atoms with Gasteiger partial charge in [0, 0.05) is 34.2 Å². The summed E-state index contributed by atoms with van der Waals surface area (Å²) in [4.78, 5) is 9.21. The van der Waals surface area contributed by atoms with E-state index in [0.717, 1.165) is 35.9 Å². The normalized spacial score (nSPS) is 15.8. The molecule has 0 saturated carbocycles. The number of nitrogens with zero attached hydrogens (tertiary/aromatic N) is 2. The van der Waals surface area contributed by atoms with Crippen molar-refractivity contribution in [3.8, 4) is 6.07 Å². The third kappa shape index (κ3) is 3.54. The molecular weight excluding hydrogens is 356 g/mol. The first kappa shape index (κ1) is 18.0. The molecule has 4 nitrogen and oxygen atoms in total. The number of aromatic amines is 2. The Hall–Kier alpha value is -3.03. The molecule has 3 heterocycles. The van der Waals surface area contributed by atoms with Gasteiger partial charge in [0.05, 0.1) is 5.56 Å². The van der Waals surface area contributed by atoms with Gasteiger partial charge in [0.15, 0.2) is 0 Å². The third-order valence-electron chi connectivity index (χ3n) is 6.46. The molecule has 0 unspecified atom stereocenters. The molecule has 1 aliphatic heterocycles. The van der Waals surface area contributed by atoms with Crippen molar-refractivity contribution in [2.75, 3.05) is 19.6 Å². The highest BCUT2D eigenvalue weighted by molar-refractivity contribution is 5.86. The largest absolute Gasteiger partial charge is 0.361 e. The van der Waals surface area contributed by atoms with Crippen LogP contribution in [-0.4, -0.2) is 34.5 Å². The van der Waals surface area contributed by atoms with E-state index in [1.54, 1.807) is 6.20 Å². The van der Waals surface area contributed by atoms with Gasteiger partial charge in [-0.25, -0.2) is 0 Å². The molecule has 0 radical (unpaired) electrons. The van der Waals surface area contributed by atoms with Crippen LogP contribution in [0, 0.1) is 11.3 Å². The summed E-state index contributed by atoms with van der Waals surface area (Å²) in [7, 11) is 0. The Morgan fingerprint density at radius 1 is 0.966 bits per heavy atom. The molecule has 1 fully saturated rings. The van der Waals surface area contributed by atoms with Gasteiger partial charge >= 0.3 is 0 Å². The van der Waals surface area contributed by atoms with Gasteiger partial charge in [0.1, 0.15) is 6.07 Å². The van der Waals surface area contributed by atoms with E-state index >= 15 is 0 Å². The molecular formula is C25H26N4. The van der Waals surface area contributed by atoms with Crippen molar-refractivity contribution in [2.24, 2.45) is 0 Å². The molecule has 0 spiro atoms. The minimum absolute atomic E-state index is 0.669. The molecule has 0 aliphatic carbocycles. The Bertz CT molecular complexity index is 1170. The number of H-pyrrole nitrogens is 2. The smallest absolute Gasteiger partial charge is 0.101 e. The zero-order chi connectivity index (χ0) is 19.6. The Kier molecular flexibility index (Phi) is 4.83. The Labute approximate surface area is 171 Å². The number of fused-ring (bicyclic) bond motifs is 2. The van der Waals surface area contributed by atoms with Crippen LogP contribution >= 0.6 is 0 Å². The number of para-hydroxylation sites is 1. The average molecular weight is 383 g/mol. The summed E-state index contributed by atoms with van der Waals surface area (Å²) in [5.41, 5.74) is 5.85. The molecule has 146 valence electrons. The lowest BCUT2D eigenvalue weighted by atomic mass is 9.89. The number of benzene rings is 2. The van der Waals surface area contributed by atoms with Gasteiger partial charge < -0.3 is 14.9 Å². The van der Waals surface area contributed by atoms with E-state index in [9.17, 15) is 5.26 Å². The minimum Gasteiger partial charge on any atom is -0.361 e. The average Bonchev–Trinajstić information content (AvgIpc) is 3.38. The van der Waals surface area contributed by atoms with Crippen molar-refractivity contribution in [1.29, 1.82) is 5.26 Å². The van der Waals surface area contributed by atoms with Crippen LogP contribution in [0.25, 0.3) is 21.8 Å². The second-order valence-corrected chi connectivity index (χ2v) is 8.20. The third-order valence-corrected chi connectivity index (χ3v) is 6.46. The van der Waals surface area contributed by atoms with Crippen molar-refractivity contribution >= 4 is 21.8 Å². The molecule has 2 aromatic carbocycles. The first-order valence-corrected chi connectivity index (χ1v) is 10.6. The highest BCUT2D eigenvalue weighted by atomic mass is 15.1. The fraction of sp³-hybridized carbons (Fsp3) is 0.320. The van der Waals surface area contributed by atoms with E-state index in [1.165, 1.54) is 48.0 Å². The van der Waals surface area contributed by atoms with Crippen molar-refractivity contribution < 1.29 is 0 Å². The van der Waals surface area contributed by atoms with E-state index in [2.05, 4.69) is 69.6 Å². The maximum Gasteiger partial charge on any atom is 0.101 e. The molecule has 1 aliphatic rings. The van der Waals surface area contributed by atoms with Crippen molar-refractivity contribution in [3.63, 3.8) is 0 Å². The molecule has 5 rings (SSSR count). The second kappa shape index (κ2) is 7.77. The first-order valence-electron chi connectivity index (χ1n) is 10.6. The zero-order valence-electron chi connectivity index (χ0n) is 16.6. The van der Waals surface area contributed by atoms with Crippen molar-refractivity contribution in [3.05, 3.63) is 71.5 Å². The molecule has 1 saturated heterocycles. The summed E-state index contributed by atoms with van der Waals surface area (Å²) in [6.07, 6.45) is 8.72. The summed E-state index contributed by atoms with van der Waals surface area (Å²) < 4.78 is 0. The first-order chi connectivity index (χ1) is 14.3. The van der Waals surface area contributed by atoms with E-state index in [-0.39, 0.29) is 0 Å². The van der Waals surface area contributed by atoms with Crippen LogP contribution in [-0.2, 0) is 6.42 Å². The summed E-state index contributed by atoms with van der Waals surface area (Å²) in [6, 6.07) is 17.4. The highest BCUT2D eigenvalue weighted by Gasteiger charge is 2.22. The van der Waals surface area contributed by atoms with E-state index in [1.807, 2.05) is 0 Å². The van der Waals surface area contributed by atoms with Gasteiger partial charge in [-0.1, -0.05) is 24.3 Å². The number of nitrogens with one attached hydrogen (secondary N) is 2. The van der Waals surface area contributed by atoms with Crippen LogP contribution < -0.4 is 0 Å². The number of hydrogen-bond donors (Lipinski definition) is 2. The van der Waals surface area contributed by atoms with Crippen LogP contribution in [0.3, 0.4) is 0 Å². The number of rotatable bonds is 5. The molecule has 29 heavy (non-hydrogen) atoms. The fourth-order valence-electron chi connectivity index (χ4n) is 4.82. The molecule has 0 atom stereocenters. The number of aromatic nitrogens is 2. The predicted molar refractivity (Wildman–Crippen MR) is 118 cm³/mol. The summed E-state index contributed by atoms with van der Waals surface area (Å²) in [5, 5.41) is 11.7. The monoisotopic (exact) mass is 382 g/mol. The van der Waals surface area contributed by atoms with Crippen LogP contribution in [0.1, 0.15) is 41.9 Å². The van der Waals surface area contributed by atoms with Crippen molar-refractivity contribution in [1.82, 2.24) is 14.9 Å². The van der Waals surface area contributed by atoms with Gasteiger partial charge in [0.25, 0.3) is 0 Å². The Morgan fingerprint density at radius 3 is 2.62 bits per heavy atom. The van der Waals surface area contributed by atoms with Crippen molar-refractivity contribution in [2.45, 2.75) is 31.6 Å². The quantitative estimate of drug-likeness (QED) is 0.490. The lowest BCUT2D eigenvalue weighted by Gasteiger charge is -2.32. The summed E-state index contributed by atoms with van der Waals surface area (Å²) in [5.74, 6) is 0.669. The molecule has 2 aromatic heterocycles. The van der Waals surface area contributed by atoms with Gasteiger partial charge in [-0.3, -0.25) is 0 Å². The molecule has 4 aromatic rings. The topological polar surface area (TPSA) is 58.6 Å². The van der Waals surface area contributed by atoms with Crippen LogP contribution in [0.2, 0.25) is 0 Å². The Morgan fingerprint density at radius 2 is 1.76 bits per heavy atom. The van der Waals surface area contributed by atoms with E-state index in [0.29, 0.717) is 5.92 Å². The van der Waals surface area contributed by atoms with Gasteiger partial charge in [-0.2, -0.15) is 5.26 Å². The van der Waals surface area contributed by atoms with Gasteiger partial charge in [-0.05, 0) is 80.6 Å². The van der Waals surface area contributed by atoms with Crippen LogP contribution in [0.4, 0.5) is 0 Å². The SMILES string of the molecule is N#Cc1c[nH]c2ccc(CCCN3CCC(c4c[nH]c5ccccc45)CC3)cc12. The maximum absolute atomic E-state index is 9.23. The van der Waals surface area contributed by atoms with E-state index < -0.39 is 0 Å². The number of hydrogen-bond acceptors (Lipinski definition) is 2. The lowest BCUT2D eigenvalue weighted by molar-refractivity contribution is 0.211. The van der Waals surface area contributed by atoms with Gasteiger partial charge in [-0.15, -0.1) is 0 Å². The minimum atomic E-state index is 0.669. The van der Waals surface area contributed by atoms with Gasteiger partial charge in [0.2, 0.25) is 0 Å². The number of aryl methyl sites for hydroxylation is 1. The molecule has 2 N–H and O–H groups in total. The lowest BCUT2D eigenvalue weighted by Crippen LogP contribution is -2.33. The predicted octanol–water partition coefficient (Wildman–Crippen LogP) is 5.33. The molecule has 4 heteroatoms.